The van der Waals surface area contributed by atoms with Gasteiger partial charge in [-0.2, -0.15) is 0 Å². The summed E-state index contributed by atoms with van der Waals surface area (Å²) >= 11 is 1.49. The lowest BCUT2D eigenvalue weighted by atomic mass is 10.1. The van der Waals surface area contributed by atoms with Gasteiger partial charge in [-0.1, -0.05) is 32.0 Å². The van der Waals surface area contributed by atoms with Crippen molar-refractivity contribution < 1.29 is 0 Å². The Morgan fingerprint density at radius 3 is 2.69 bits per heavy atom. The molecule has 4 N–H and O–H groups in total. The standard InChI is InChI=1S/C10H19N5S/c1-4-7(2)6-12-8-5-9(15-11)14-10(13-8)16-3/h5,7H,4,6,11H2,1-3H3,(H2,12,13,14,15). The van der Waals surface area contributed by atoms with Crippen LogP contribution in [0.25, 0.3) is 0 Å². The van der Waals surface area contributed by atoms with Crippen LogP contribution in [0, 0.1) is 5.92 Å². The second-order valence-electron chi connectivity index (χ2n) is 3.66. The summed E-state index contributed by atoms with van der Waals surface area (Å²) in [4.78, 5) is 8.54. The topological polar surface area (TPSA) is 75.9 Å². The van der Waals surface area contributed by atoms with E-state index in [1.807, 2.05) is 12.3 Å². The van der Waals surface area contributed by atoms with Crippen LogP contribution in [0.15, 0.2) is 11.2 Å². The predicted octanol–water partition coefficient (Wildman–Crippen LogP) is 1.94. The molecule has 1 aromatic rings. The van der Waals surface area contributed by atoms with Gasteiger partial charge in [-0.3, -0.25) is 0 Å². The molecular formula is C10H19N5S. The third-order valence-corrected chi connectivity index (χ3v) is 2.91. The highest BCUT2D eigenvalue weighted by molar-refractivity contribution is 7.98. The number of rotatable bonds is 6. The van der Waals surface area contributed by atoms with Crippen molar-refractivity contribution in [3.8, 4) is 0 Å². The number of anilines is 2. The van der Waals surface area contributed by atoms with Crippen molar-refractivity contribution in [1.82, 2.24) is 9.97 Å². The van der Waals surface area contributed by atoms with Crippen LogP contribution in [0.5, 0.6) is 0 Å². The molecule has 1 atom stereocenters. The summed E-state index contributed by atoms with van der Waals surface area (Å²) in [6, 6.07) is 1.81. The first-order valence-corrected chi connectivity index (χ1v) is 6.55. The molecule has 0 saturated heterocycles. The van der Waals surface area contributed by atoms with Crippen molar-refractivity contribution in [2.75, 3.05) is 23.5 Å². The summed E-state index contributed by atoms with van der Waals surface area (Å²) in [6.07, 6.45) is 3.09. The highest BCUT2D eigenvalue weighted by Gasteiger charge is 2.04. The molecule has 0 bridgehead atoms. The van der Waals surface area contributed by atoms with Crippen LogP contribution >= 0.6 is 11.8 Å². The third kappa shape index (κ3) is 3.86. The van der Waals surface area contributed by atoms with E-state index in [1.165, 1.54) is 11.8 Å². The van der Waals surface area contributed by atoms with Crippen molar-refractivity contribution in [1.29, 1.82) is 0 Å². The molecule has 0 aliphatic rings. The Balaban J connectivity index is 2.71. The Kier molecular flexibility index (Phi) is 5.34. The van der Waals surface area contributed by atoms with Gasteiger partial charge in [-0.15, -0.1) is 0 Å². The maximum Gasteiger partial charge on any atom is 0.191 e. The Morgan fingerprint density at radius 2 is 2.12 bits per heavy atom. The number of hydrazine groups is 1. The smallest absolute Gasteiger partial charge is 0.191 e. The number of nitrogens with zero attached hydrogens (tertiary/aromatic N) is 2. The number of nitrogen functional groups attached to an aromatic ring is 1. The van der Waals surface area contributed by atoms with E-state index in [0.717, 1.165) is 18.8 Å². The number of nitrogens with one attached hydrogen (secondary N) is 2. The van der Waals surface area contributed by atoms with Gasteiger partial charge in [-0.25, -0.2) is 15.8 Å². The van der Waals surface area contributed by atoms with Gasteiger partial charge < -0.3 is 10.7 Å². The quantitative estimate of drug-likeness (QED) is 0.306. The van der Waals surface area contributed by atoms with Crippen LogP contribution in [-0.2, 0) is 0 Å². The average molecular weight is 241 g/mol. The summed E-state index contributed by atoms with van der Waals surface area (Å²) in [7, 11) is 0. The fraction of sp³-hybridized carbons (Fsp3) is 0.600. The highest BCUT2D eigenvalue weighted by Crippen LogP contribution is 2.16. The maximum absolute atomic E-state index is 5.35. The minimum atomic E-state index is 0.627. The molecule has 1 aromatic heterocycles. The lowest BCUT2D eigenvalue weighted by Crippen LogP contribution is -2.14. The first kappa shape index (κ1) is 13.1. The van der Waals surface area contributed by atoms with Crippen LogP contribution in [0.2, 0.25) is 0 Å². The molecule has 0 fully saturated rings. The highest BCUT2D eigenvalue weighted by atomic mass is 32.2. The predicted molar refractivity (Wildman–Crippen MR) is 69.6 cm³/mol. The Labute approximate surface area is 101 Å². The second-order valence-corrected chi connectivity index (χ2v) is 4.44. The lowest BCUT2D eigenvalue weighted by Gasteiger charge is -2.12. The van der Waals surface area contributed by atoms with Crippen molar-refractivity contribution in [2.24, 2.45) is 11.8 Å². The normalized spacial score (nSPS) is 12.2. The number of hydrogen-bond acceptors (Lipinski definition) is 6. The molecule has 1 unspecified atom stereocenters. The Morgan fingerprint density at radius 1 is 1.44 bits per heavy atom. The van der Waals surface area contributed by atoms with Crippen molar-refractivity contribution >= 4 is 23.4 Å². The SMILES string of the molecule is CCC(C)CNc1cc(NN)nc(SC)n1. The minimum absolute atomic E-state index is 0.627. The van der Waals surface area contributed by atoms with E-state index >= 15 is 0 Å². The van der Waals surface area contributed by atoms with E-state index < -0.39 is 0 Å². The molecule has 1 heterocycles. The largest absolute Gasteiger partial charge is 0.370 e. The number of thioether (sulfide) groups is 1. The lowest BCUT2D eigenvalue weighted by molar-refractivity contribution is 0.592. The molecule has 0 radical (unpaired) electrons. The van der Waals surface area contributed by atoms with E-state index in [4.69, 9.17) is 5.84 Å². The zero-order valence-electron chi connectivity index (χ0n) is 9.95. The summed E-state index contributed by atoms with van der Waals surface area (Å²) in [5, 5.41) is 4.00. The van der Waals surface area contributed by atoms with Crippen molar-refractivity contribution in [2.45, 2.75) is 25.4 Å². The summed E-state index contributed by atoms with van der Waals surface area (Å²) in [5.74, 6) is 7.42. The number of nitrogens with two attached hydrogens (primary N) is 1. The number of aromatic nitrogens is 2. The third-order valence-electron chi connectivity index (χ3n) is 2.36. The maximum atomic E-state index is 5.35. The monoisotopic (exact) mass is 241 g/mol. The van der Waals surface area contributed by atoms with Crippen LogP contribution in [0.1, 0.15) is 20.3 Å². The first-order chi connectivity index (χ1) is 7.69. The van der Waals surface area contributed by atoms with E-state index in [9.17, 15) is 0 Å². The molecule has 0 saturated carbocycles. The van der Waals surface area contributed by atoms with E-state index in [1.54, 1.807) is 0 Å². The molecule has 90 valence electrons. The van der Waals surface area contributed by atoms with Crippen LogP contribution < -0.4 is 16.6 Å². The van der Waals surface area contributed by atoms with Gasteiger partial charge in [0.2, 0.25) is 0 Å². The molecule has 5 nitrogen and oxygen atoms in total. The van der Waals surface area contributed by atoms with Gasteiger partial charge in [0.1, 0.15) is 11.6 Å². The van der Waals surface area contributed by atoms with E-state index in [-0.39, 0.29) is 0 Å². The zero-order chi connectivity index (χ0) is 12.0. The second kappa shape index (κ2) is 6.55. The van der Waals surface area contributed by atoms with Gasteiger partial charge in [0.15, 0.2) is 5.16 Å². The Hall–Kier alpha value is -1.01. The molecule has 6 heteroatoms. The summed E-state index contributed by atoms with van der Waals surface area (Å²) < 4.78 is 0. The van der Waals surface area contributed by atoms with Crippen LogP contribution in [0.3, 0.4) is 0 Å². The van der Waals surface area contributed by atoms with Crippen LogP contribution in [-0.4, -0.2) is 22.8 Å². The summed E-state index contributed by atoms with van der Waals surface area (Å²) in [5.41, 5.74) is 2.54. The van der Waals surface area contributed by atoms with Gasteiger partial charge >= 0.3 is 0 Å². The fourth-order valence-corrected chi connectivity index (χ4v) is 1.48. The number of hydrogen-bond donors (Lipinski definition) is 3. The molecule has 16 heavy (non-hydrogen) atoms. The van der Waals surface area contributed by atoms with Gasteiger partial charge in [0.25, 0.3) is 0 Å². The van der Waals surface area contributed by atoms with E-state index in [2.05, 4.69) is 34.6 Å². The molecule has 0 aromatic carbocycles. The van der Waals surface area contributed by atoms with Gasteiger partial charge in [0.05, 0.1) is 0 Å². The molecular weight excluding hydrogens is 222 g/mol. The summed E-state index contributed by atoms with van der Waals surface area (Å²) in [6.45, 7) is 5.28. The molecule has 0 amide bonds. The van der Waals surface area contributed by atoms with Crippen molar-refractivity contribution in [3.05, 3.63) is 6.07 Å². The Bertz CT molecular complexity index is 309. The van der Waals surface area contributed by atoms with Gasteiger partial charge in [0, 0.05) is 12.6 Å². The van der Waals surface area contributed by atoms with Crippen molar-refractivity contribution in [3.63, 3.8) is 0 Å². The van der Waals surface area contributed by atoms with Gasteiger partial charge in [-0.05, 0) is 12.2 Å². The molecule has 1 rings (SSSR count). The minimum Gasteiger partial charge on any atom is -0.370 e. The fourth-order valence-electron chi connectivity index (χ4n) is 1.10. The average Bonchev–Trinajstić information content (AvgIpc) is 2.35. The first-order valence-electron chi connectivity index (χ1n) is 5.33. The zero-order valence-corrected chi connectivity index (χ0v) is 10.8. The van der Waals surface area contributed by atoms with Crippen LogP contribution in [0.4, 0.5) is 11.6 Å². The molecule has 0 spiro atoms. The molecule has 0 aliphatic heterocycles. The van der Waals surface area contributed by atoms with E-state index in [0.29, 0.717) is 16.9 Å². The molecule has 0 aliphatic carbocycles.